The molecule has 0 spiro atoms. The Hall–Kier alpha value is -4.19. The number of pyridine rings is 1. The first-order valence-corrected chi connectivity index (χ1v) is 14.3. The van der Waals surface area contributed by atoms with Crippen molar-refractivity contribution in [1.82, 2.24) is 4.57 Å². The lowest BCUT2D eigenvalue weighted by molar-refractivity contribution is 0.0742. The van der Waals surface area contributed by atoms with E-state index in [1.165, 1.54) is 41.0 Å². The van der Waals surface area contributed by atoms with Crippen LogP contribution in [0, 0.1) is 11.6 Å². The van der Waals surface area contributed by atoms with Crippen molar-refractivity contribution in [2.24, 2.45) is 0 Å². The molecular formula is C30H26F2N2O6S. The largest absolute Gasteiger partial charge is 0.381 e. The van der Waals surface area contributed by atoms with Gasteiger partial charge in [0.25, 0.3) is 15.6 Å². The lowest BCUT2D eigenvalue weighted by Gasteiger charge is -2.22. The van der Waals surface area contributed by atoms with Gasteiger partial charge in [0.15, 0.2) is 5.78 Å². The van der Waals surface area contributed by atoms with E-state index in [9.17, 15) is 31.9 Å². The van der Waals surface area contributed by atoms with Gasteiger partial charge in [-0.25, -0.2) is 17.2 Å². The van der Waals surface area contributed by atoms with E-state index in [1.807, 2.05) is 10.8 Å². The third-order valence-corrected chi connectivity index (χ3v) is 8.37. The van der Waals surface area contributed by atoms with Crippen LogP contribution in [0.15, 0.2) is 94.7 Å². The molecule has 11 heteroatoms. The molecule has 0 aliphatic carbocycles. The van der Waals surface area contributed by atoms with Crippen molar-refractivity contribution < 1.29 is 31.8 Å². The average Bonchev–Trinajstić information content (AvgIpc) is 2.99. The van der Waals surface area contributed by atoms with Gasteiger partial charge in [0.1, 0.15) is 17.7 Å². The fraction of sp³-hybridized carbons (Fsp3) is 0.200. The number of nitrogens with zero attached hydrogens (tertiary/aromatic N) is 1. The van der Waals surface area contributed by atoms with E-state index in [0.717, 1.165) is 18.4 Å². The van der Waals surface area contributed by atoms with E-state index < -0.39 is 44.8 Å². The number of hydrogen-bond acceptors (Lipinski definition) is 6. The smallest absolute Gasteiger partial charge is 0.261 e. The lowest BCUT2D eigenvalue weighted by atomic mass is 9.92. The molecular weight excluding hydrogens is 554 g/mol. The predicted octanol–water partition coefficient (Wildman–Crippen LogP) is 4.73. The van der Waals surface area contributed by atoms with Crippen molar-refractivity contribution in [2.75, 3.05) is 17.9 Å². The Morgan fingerprint density at radius 3 is 2.29 bits per heavy atom. The SMILES string of the molecule is O=C(c1cc(F)c(NS(=O)(=O)c2ccc(-n3ccc(C4CCOCC4)cc3=O)cc2)cc1F)C(O)c1ccccc1. The van der Waals surface area contributed by atoms with Gasteiger partial charge in [-0.05, 0) is 66.3 Å². The minimum atomic E-state index is -4.37. The van der Waals surface area contributed by atoms with Crippen molar-refractivity contribution in [3.8, 4) is 5.69 Å². The van der Waals surface area contributed by atoms with Crippen molar-refractivity contribution in [3.05, 3.63) is 124 Å². The molecule has 1 saturated heterocycles. The molecule has 0 amide bonds. The summed E-state index contributed by atoms with van der Waals surface area (Å²) in [7, 11) is -4.37. The molecule has 4 aromatic rings. The lowest BCUT2D eigenvalue weighted by Crippen LogP contribution is -2.21. The van der Waals surface area contributed by atoms with Crippen LogP contribution in [-0.2, 0) is 14.8 Å². The van der Waals surface area contributed by atoms with E-state index in [0.29, 0.717) is 31.0 Å². The van der Waals surface area contributed by atoms with Crippen LogP contribution in [0.2, 0.25) is 0 Å². The minimum absolute atomic E-state index is 0.197. The second-order valence-corrected chi connectivity index (χ2v) is 11.3. The van der Waals surface area contributed by atoms with Crippen LogP contribution in [-0.4, -0.2) is 37.1 Å². The normalized spacial score (nSPS) is 14.9. The summed E-state index contributed by atoms with van der Waals surface area (Å²) in [6, 6.07) is 17.6. The van der Waals surface area contributed by atoms with Gasteiger partial charge in [-0.15, -0.1) is 0 Å². The van der Waals surface area contributed by atoms with E-state index >= 15 is 0 Å². The van der Waals surface area contributed by atoms with Crippen LogP contribution < -0.4 is 10.3 Å². The zero-order valence-electron chi connectivity index (χ0n) is 21.7. The van der Waals surface area contributed by atoms with Crippen LogP contribution >= 0.6 is 0 Å². The second-order valence-electron chi connectivity index (χ2n) is 9.64. The van der Waals surface area contributed by atoms with Gasteiger partial charge in [-0.2, -0.15) is 0 Å². The molecule has 5 rings (SSSR count). The minimum Gasteiger partial charge on any atom is -0.381 e. The van der Waals surface area contributed by atoms with E-state index in [-0.39, 0.29) is 21.9 Å². The molecule has 1 aliphatic rings. The number of sulfonamides is 1. The highest BCUT2D eigenvalue weighted by Gasteiger charge is 2.25. The summed E-state index contributed by atoms with van der Waals surface area (Å²) in [5, 5.41) is 10.3. The monoisotopic (exact) mass is 580 g/mol. The summed E-state index contributed by atoms with van der Waals surface area (Å²) in [5.74, 6) is -3.24. The molecule has 41 heavy (non-hydrogen) atoms. The van der Waals surface area contributed by atoms with Crippen molar-refractivity contribution in [2.45, 2.75) is 29.8 Å². The number of nitrogens with one attached hydrogen (secondary N) is 1. The maximum atomic E-state index is 14.8. The van der Waals surface area contributed by atoms with Gasteiger partial charge in [-0.1, -0.05) is 30.3 Å². The van der Waals surface area contributed by atoms with Gasteiger partial charge in [-0.3, -0.25) is 18.9 Å². The number of rotatable bonds is 8. The summed E-state index contributed by atoms with van der Waals surface area (Å²) in [6.45, 7) is 1.29. The molecule has 1 fully saturated rings. The van der Waals surface area contributed by atoms with E-state index in [4.69, 9.17) is 4.74 Å². The number of hydrogen-bond donors (Lipinski definition) is 2. The number of aliphatic hydroxyl groups is 1. The summed E-state index contributed by atoms with van der Waals surface area (Å²) >= 11 is 0. The van der Waals surface area contributed by atoms with Crippen molar-refractivity contribution >= 4 is 21.5 Å². The number of Topliss-reactive ketones (excluding diaryl/α,β-unsaturated/α-hetero) is 1. The highest BCUT2D eigenvalue weighted by molar-refractivity contribution is 7.92. The zero-order valence-corrected chi connectivity index (χ0v) is 22.5. The first-order valence-electron chi connectivity index (χ1n) is 12.8. The molecule has 1 atom stereocenters. The molecule has 1 aliphatic heterocycles. The molecule has 3 aromatic carbocycles. The summed E-state index contributed by atoms with van der Waals surface area (Å²) in [6.07, 6.45) is 1.58. The summed E-state index contributed by atoms with van der Waals surface area (Å²) in [5.41, 5.74) is -0.161. The number of halogens is 2. The summed E-state index contributed by atoms with van der Waals surface area (Å²) < 4.78 is 64.2. The first kappa shape index (κ1) is 28.3. The number of aromatic nitrogens is 1. The summed E-state index contributed by atoms with van der Waals surface area (Å²) in [4.78, 5) is 25.1. The molecule has 2 N–H and O–H groups in total. The molecule has 8 nitrogen and oxygen atoms in total. The Labute approximate surface area is 234 Å². The molecule has 1 aromatic heterocycles. The molecule has 0 radical (unpaired) electrons. The Morgan fingerprint density at radius 2 is 1.63 bits per heavy atom. The van der Waals surface area contributed by atoms with Crippen molar-refractivity contribution in [1.29, 1.82) is 0 Å². The third kappa shape index (κ3) is 6.12. The quantitative estimate of drug-likeness (QED) is 0.292. The fourth-order valence-corrected chi connectivity index (χ4v) is 5.79. The van der Waals surface area contributed by atoms with Gasteiger partial charge in [0.2, 0.25) is 0 Å². The molecule has 2 heterocycles. The van der Waals surface area contributed by atoms with Crippen LogP contribution in [0.3, 0.4) is 0 Å². The van der Waals surface area contributed by atoms with Crippen molar-refractivity contribution in [3.63, 3.8) is 0 Å². The number of carbonyl (C=O) groups excluding carboxylic acids is 1. The zero-order chi connectivity index (χ0) is 29.1. The Morgan fingerprint density at radius 1 is 0.951 bits per heavy atom. The van der Waals surface area contributed by atoms with Gasteiger partial charge in [0, 0.05) is 37.2 Å². The Kier molecular flexibility index (Phi) is 8.11. The average molecular weight is 581 g/mol. The molecule has 0 bridgehead atoms. The topological polar surface area (TPSA) is 115 Å². The third-order valence-electron chi connectivity index (χ3n) is 6.99. The maximum absolute atomic E-state index is 14.8. The van der Waals surface area contributed by atoms with Gasteiger partial charge < -0.3 is 9.84 Å². The maximum Gasteiger partial charge on any atom is 0.261 e. The molecule has 212 valence electrons. The number of aliphatic hydroxyl groups excluding tert-OH is 1. The highest BCUT2D eigenvalue weighted by atomic mass is 32.2. The standard InChI is InChI=1S/C30H26F2N2O6S/c31-25-18-27(26(32)17-24(25)30(37)29(36)20-4-2-1-3-5-20)33-41(38,39)23-8-6-22(7-9-23)34-13-10-21(16-28(34)35)19-11-14-40-15-12-19/h1-10,13,16-19,29,33,36H,11-12,14-15H2. The highest BCUT2D eigenvalue weighted by Crippen LogP contribution is 2.28. The second kappa shape index (κ2) is 11.7. The van der Waals surface area contributed by atoms with Gasteiger partial charge >= 0.3 is 0 Å². The molecule has 1 unspecified atom stereocenters. The van der Waals surface area contributed by atoms with E-state index in [1.54, 1.807) is 30.5 Å². The molecule has 0 saturated carbocycles. The number of carbonyl (C=O) groups is 1. The van der Waals surface area contributed by atoms with Crippen LogP contribution in [0.4, 0.5) is 14.5 Å². The number of ether oxygens (including phenoxy) is 1. The first-order chi connectivity index (χ1) is 19.6. The Balaban J connectivity index is 1.33. The Bertz CT molecular complexity index is 1740. The predicted molar refractivity (Wildman–Crippen MR) is 148 cm³/mol. The number of ketones is 1. The van der Waals surface area contributed by atoms with E-state index in [2.05, 4.69) is 0 Å². The van der Waals surface area contributed by atoms with Crippen LogP contribution in [0.1, 0.15) is 46.3 Å². The van der Waals surface area contributed by atoms with Gasteiger partial charge in [0.05, 0.1) is 16.1 Å². The van der Waals surface area contributed by atoms with Crippen LogP contribution in [0.25, 0.3) is 5.69 Å². The number of anilines is 1. The fourth-order valence-electron chi connectivity index (χ4n) is 4.73. The number of benzene rings is 3. The van der Waals surface area contributed by atoms with Crippen LogP contribution in [0.5, 0.6) is 0 Å².